The topological polar surface area (TPSA) is 94.5 Å². The molecule has 0 unspecified atom stereocenters. The summed E-state index contributed by atoms with van der Waals surface area (Å²) in [6, 6.07) is 13.7. The van der Waals surface area contributed by atoms with Crippen LogP contribution in [0.15, 0.2) is 58.4 Å². The largest absolute Gasteiger partial charge is 0.508 e. The Balaban J connectivity index is 1.75. The molecule has 3 rings (SSSR count). The quantitative estimate of drug-likeness (QED) is 0.504. The lowest BCUT2D eigenvalue weighted by Crippen LogP contribution is -2.24. The number of pyridine rings is 1. The minimum atomic E-state index is -0.389. The van der Waals surface area contributed by atoms with Gasteiger partial charge in [0, 0.05) is 22.2 Å². The van der Waals surface area contributed by atoms with Crippen molar-refractivity contribution < 1.29 is 9.90 Å². The number of benzene rings is 2. The van der Waals surface area contributed by atoms with E-state index in [4.69, 9.17) is 0 Å². The molecule has 0 atom stereocenters. The number of carbonyl (C=O) groups excluding carboxylic acids is 1. The van der Waals surface area contributed by atoms with Crippen LogP contribution in [0.3, 0.4) is 0 Å². The number of carbonyl (C=O) groups is 1. The van der Waals surface area contributed by atoms with Crippen molar-refractivity contribution >= 4 is 23.0 Å². The molecule has 0 aliphatic heterocycles. The van der Waals surface area contributed by atoms with Crippen molar-refractivity contribution in [1.82, 2.24) is 10.4 Å². The maximum Gasteiger partial charge on any atom is 0.244 e. The lowest BCUT2D eigenvalue weighted by atomic mass is 10.1. The fourth-order valence-electron chi connectivity index (χ4n) is 2.60. The monoisotopic (exact) mass is 335 g/mol. The summed E-state index contributed by atoms with van der Waals surface area (Å²) in [4.78, 5) is 27.8. The number of para-hydroxylation sites is 1. The lowest BCUT2D eigenvalue weighted by Gasteiger charge is -2.07. The lowest BCUT2D eigenvalue weighted by molar-refractivity contribution is -0.120. The van der Waals surface area contributed by atoms with Gasteiger partial charge < -0.3 is 10.1 Å². The van der Waals surface area contributed by atoms with E-state index in [2.05, 4.69) is 15.5 Å². The van der Waals surface area contributed by atoms with Crippen molar-refractivity contribution in [2.24, 2.45) is 5.10 Å². The molecule has 1 heterocycles. The Labute approximate surface area is 143 Å². The average Bonchev–Trinajstić information content (AvgIpc) is 2.59. The van der Waals surface area contributed by atoms with Gasteiger partial charge in [0.2, 0.25) is 5.91 Å². The highest BCUT2D eigenvalue weighted by atomic mass is 16.3. The number of nitrogens with one attached hydrogen (secondary N) is 2. The number of rotatable bonds is 4. The van der Waals surface area contributed by atoms with Crippen molar-refractivity contribution in [2.75, 3.05) is 0 Å². The van der Waals surface area contributed by atoms with Crippen LogP contribution >= 0.6 is 0 Å². The number of amides is 1. The van der Waals surface area contributed by atoms with Gasteiger partial charge in [-0.2, -0.15) is 5.10 Å². The molecular formula is C19H17N3O3. The van der Waals surface area contributed by atoms with E-state index in [1.54, 1.807) is 37.3 Å². The Morgan fingerprint density at radius 3 is 2.84 bits per heavy atom. The molecule has 0 aliphatic carbocycles. The van der Waals surface area contributed by atoms with Crippen LogP contribution in [-0.4, -0.2) is 22.2 Å². The van der Waals surface area contributed by atoms with Gasteiger partial charge in [0.25, 0.3) is 0 Å². The molecule has 0 saturated carbocycles. The highest BCUT2D eigenvalue weighted by Gasteiger charge is 2.12. The molecule has 0 fully saturated rings. The number of aromatic hydroxyl groups is 1. The molecule has 0 aliphatic rings. The Morgan fingerprint density at radius 2 is 2.04 bits per heavy atom. The third-order valence-corrected chi connectivity index (χ3v) is 3.83. The summed E-state index contributed by atoms with van der Waals surface area (Å²) in [5.74, 6) is -0.270. The fourth-order valence-corrected chi connectivity index (χ4v) is 2.60. The number of H-pyrrole nitrogens is 1. The first-order valence-corrected chi connectivity index (χ1v) is 7.76. The van der Waals surface area contributed by atoms with Crippen LogP contribution in [0.25, 0.3) is 10.9 Å². The summed E-state index contributed by atoms with van der Waals surface area (Å²) >= 11 is 0. The van der Waals surface area contributed by atoms with Crippen LogP contribution in [0.1, 0.15) is 16.8 Å². The zero-order valence-corrected chi connectivity index (χ0v) is 13.6. The molecule has 0 radical (unpaired) electrons. The summed E-state index contributed by atoms with van der Waals surface area (Å²) in [5.41, 5.74) is 4.73. The third kappa shape index (κ3) is 3.74. The average molecular weight is 335 g/mol. The zero-order chi connectivity index (χ0) is 17.8. The van der Waals surface area contributed by atoms with Gasteiger partial charge in [-0.15, -0.1) is 0 Å². The van der Waals surface area contributed by atoms with Crippen molar-refractivity contribution in [3.63, 3.8) is 0 Å². The van der Waals surface area contributed by atoms with Crippen LogP contribution in [-0.2, 0) is 11.2 Å². The zero-order valence-electron chi connectivity index (χ0n) is 13.6. The molecule has 1 amide bonds. The van der Waals surface area contributed by atoms with Gasteiger partial charge >= 0.3 is 0 Å². The molecule has 3 N–H and O–H groups in total. The first kappa shape index (κ1) is 16.4. The molecule has 3 aromatic rings. The number of aryl methyl sites for hydroxylation is 1. The first-order valence-electron chi connectivity index (χ1n) is 7.76. The Bertz CT molecular complexity index is 1020. The van der Waals surface area contributed by atoms with E-state index in [1.165, 1.54) is 12.3 Å². The molecule has 126 valence electrons. The number of fused-ring (bicyclic) bond motifs is 1. The van der Waals surface area contributed by atoms with E-state index in [1.807, 2.05) is 12.1 Å². The van der Waals surface area contributed by atoms with Crippen LogP contribution in [0.2, 0.25) is 0 Å². The minimum Gasteiger partial charge on any atom is -0.508 e. The molecular weight excluding hydrogens is 318 g/mol. The summed E-state index contributed by atoms with van der Waals surface area (Å²) < 4.78 is 0. The maximum absolute atomic E-state index is 12.6. The number of aromatic nitrogens is 1. The number of aromatic amines is 1. The number of nitrogens with zero attached hydrogens (tertiary/aromatic N) is 1. The van der Waals surface area contributed by atoms with Gasteiger partial charge in [-0.3, -0.25) is 9.59 Å². The molecule has 2 aromatic carbocycles. The van der Waals surface area contributed by atoms with Gasteiger partial charge in [0.1, 0.15) is 5.75 Å². The second kappa shape index (κ2) is 7.00. The van der Waals surface area contributed by atoms with Gasteiger partial charge in [-0.25, -0.2) is 5.43 Å². The number of hydrazone groups is 1. The Morgan fingerprint density at radius 1 is 1.24 bits per heavy atom. The summed E-state index contributed by atoms with van der Waals surface area (Å²) in [6.45, 7) is 1.77. The standard InChI is InChI=1S/C19H17N3O3/c1-12-16(19(25)15-7-2-3-8-17(15)21-12)10-18(24)22-20-11-13-5-4-6-14(23)9-13/h2-9,11,23H,10H2,1H3,(H,21,25)(H,22,24). The summed E-state index contributed by atoms with van der Waals surface area (Å²) in [6.07, 6.45) is 1.36. The van der Waals surface area contributed by atoms with Crippen molar-refractivity contribution in [2.45, 2.75) is 13.3 Å². The molecule has 25 heavy (non-hydrogen) atoms. The van der Waals surface area contributed by atoms with Gasteiger partial charge in [-0.1, -0.05) is 24.3 Å². The van der Waals surface area contributed by atoms with E-state index in [9.17, 15) is 14.7 Å². The van der Waals surface area contributed by atoms with E-state index >= 15 is 0 Å². The van der Waals surface area contributed by atoms with Gasteiger partial charge in [-0.05, 0) is 36.8 Å². The van der Waals surface area contributed by atoms with Crippen LogP contribution in [0, 0.1) is 6.92 Å². The normalized spacial score (nSPS) is 11.1. The van der Waals surface area contributed by atoms with Gasteiger partial charge in [0.05, 0.1) is 12.6 Å². The van der Waals surface area contributed by atoms with E-state index in [0.29, 0.717) is 22.2 Å². The molecule has 6 nitrogen and oxygen atoms in total. The molecule has 1 aromatic heterocycles. The van der Waals surface area contributed by atoms with E-state index in [0.717, 1.165) is 5.52 Å². The predicted molar refractivity (Wildman–Crippen MR) is 96.9 cm³/mol. The number of phenolic OH excluding ortho intramolecular Hbond substituents is 1. The highest BCUT2D eigenvalue weighted by molar-refractivity contribution is 5.85. The predicted octanol–water partition coefficient (Wildman–Crippen LogP) is 2.23. The number of hydrogen-bond donors (Lipinski definition) is 3. The number of hydrogen-bond acceptors (Lipinski definition) is 4. The van der Waals surface area contributed by atoms with Crippen molar-refractivity contribution in [3.8, 4) is 5.75 Å². The molecule has 0 bridgehead atoms. The Hall–Kier alpha value is -3.41. The van der Waals surface area contributed by atoms with Crippen molar-refractivity contribution in [1.29, 1.82) is 0 Å². The van der Waals surface area contributed by atoms with Gasteiger partial charge in [0.15, 0.2) is 5.43 Å². The highest BCUT2D eigenvalue weighted by Crippen LogP contribution is 2.11. The third-order valence-electron chi connectivity index (χ3n) is 3.83. The second-order valence-electron chi connectivity index (χ2n) is 5.67. The summed E-state index contributed by atoms with van der Waals surface area (Å²) in [5, 5.41) is 13.8. The van der Waals surface area contributed by atoms with E-state index in [-0.39, 0.29) is 23.5 Å². The smallest absolute Gasteiger partial charge is 0.244 e. The second-order valence-corrected chi connectivity index (χ2v) is 5.67. The number of phenols is 1. The first-order chi connectivity index (χ1) is 12.0. The van der Waals surface area contributed by atoms with Crippen LogP contribution < -0.4 is 10.9 Å². The molecule has 0 spiro atoms. The van der Waals surface area contributed by atoms with Crippen LogP contribution in [0.4, 0.5) is 0 Å². The van der Waals surface area contributed by atoms with Crippen molar-refractivity contribution in [3.05, 3.63) is 75.6 Å². The van der Waals surface area contributed by atoms with E-state index < -0.39 is 0 Å². The maximum atomic E-state index is 12.6. The fraction of sp³-hybridized carbons (Fsp3) is 0.105. The van der Waals surface area contributed by atoms with Crippen LogP contribution in [0.5, 0.6) is 5.75 Å². The minimum absolute atomic E-state index is 0.0661. The Kier molecular flexibility index (Phi) is 4.61. The molecule has 6 heteroatoms. The SMILES string of the molecule is Cc1[nH]c2ccccc2c(=O)c1CC(=O)NN=Cc1cccc(O)c1. The summed E-state index contributed by atoms with van der Waals surface area (Å²) in [7, 11) is 0. The molecule has 0 saturated heterocycles.